The van der Waals surface area contributed by atoms with Gasteiger partial charge in [-0.3, -0.25) is 9.78 Å². The second-order valence-corrected chi connectivity index (χ2v) is 8.03. The number of pyridine rings is 1. The highest BCUT2D eigenvalue weighted by atomic mass is 16.1. The summed E-state index contributed by atoms with van der Waals surface area (Å²) in [5.74, 6) is -0.135. The van der Waals surface area contributed by atoms with E-state index in [2.05, 4.69) is 34.6 Å². The molecular weight excluding hydrogens is 388 g/mol. The van der Waals surface area contributed by atoms with E-state index in [0.717, 1.165) is 23.4 Å². The molecule has 3 heterocycles. The van der Waals surface area contributed by atoms with Gasteiger partial charge >= 0.3 is 0 Å². The molecule has 0 atom stereocenters. The van der Waals surface area contributed by atoms with E-state index in [4.69, 9.17) is 4.98 Å². The van der Waals surface area contributed by atoms with Crippen molar-refractivity contribution in [3.05, 3.63) is 72.7 Å². The predicted molar refractivity (Wildman–Crippen MR) is 122 cm³/mol. The van der Waals surface area contributed by atoms with Crippen LogP contribution in [-0.2, 0) is 0 Å². The van der Waals surface area contributed by atoms with E-state index >= 15 is 0 Å². The molecule has 2 N–H and O–H groups in total. The molecule has 7 heteroatoms. The van der Waals surface area contributed by atoms with Crippen LogP contribution < -0.4 is 10.6 Å². The number of amides is 1. The van der Waals surface area contributed by atoms with Gasteiger partial charge in [0.25, 0.3) is 5.91 Å². The minimum absolute atomic E-state index is 0.135. The Morgan fingerprint density at radius 1 is 1.10 bits per heavy atom. The van der Waals surface area contributed by atoms with Crippen LogP contribution in [0.1, 0.15) is 31.1 Å². The number of benzene rings is 1. The molecule has 0 aliphatic rings. The molecule has 4 aromatic rings. The zero-order chi connectivity index (χ0) is 21.8. The lowest BCUT2D eigenvalue weighted by atomic mass is 10.1. The Morgan fingerprint density at radius 2 is 1.90 bits per heavy atom. The molecule has 158 valence electrons. The minimum Gasteiger partial charge on any atom is -0.350 e. The van der Waals surface area contributed by atoms with Gasteiger partial charge in [-0.15, -0.1) is 0 Å². The van der Waals surface area contributed by atoms with Crippen LogP contribution in [0.25, 0.3) is 28.2 Å². The van der Waals surface area contributed by atoms with E-state index in [1.165, 1.54) is 0 Å². The van der Waals surface area contributed by atoms with E-state index in [-0.39, 0.29) is 11.4 Å². The molecule has 0 bridgehead atoms. The molecule has 0 radical (unpaired) electrons. The molecule has 1 aromatic carbocycles. The maximum atomic E-state index is 12.7. The van der Waals surface area contributed by atoms with Crippen molar-refractivity contribution in [3.8, 4) is 22.5 Å². The molecular formula is C24H26N6O. The maximum Gasteiger partial charge on any atom is 0.251 e. The fourth-order valence-electron chi connectivity index (χ4n) is 3.48. The fraction of sp³-hybridized carbons (Fsp3) is 0.250. The number of fused-ring (bicyclic) bond motifs is 1. The van der Waals surface area contributed by atoms with E-state index in [9.17, 15) is 4.79 Å². The number of aromatic nitrogens is 4. The molecule has 0 fully saturated rings. The van der Waals surface area contributed by atoms with E-state index < -0.39 is 0 Å². The zero-order valence-electron chi connectivity index (χ0n) is 18.0. The van der Waals surface area contributed by atoms with Crippen molar-refractivity contribution >= 4 is 11.6 Å². The average molecular weight is 415 g/mol. The predicted octanol–water partition coefficient (Wildman–Crippen LogP) is 3.58. The van der Waals surface area contributed by atoms with Crippen molar-refractivity contribution in [2.75, 3.05) is 13.1 Å². The summed E-state index contributed by atoms with van der Waals surface area (Å²) in [5, 5.41) is 10.8. The lowest BCUT2D eigenvalue weighted by Gasteiger charge is -2.26. The number of nitrogens with one attached hydrogen (secondary N) is 2. The van der Waals surface area contributed by atoms with Gasteiger partial charge in [0.2, 0.25) is 0 Å². The van der Waals surface area contributed by atoms with Crippen LogP contribution >= 0.6 is 0 Å². The number of likely N-dealkylation sites (N-methyl/N-ethyl adjacent to an activating group) is 1. The summed E-state index contributed by atoms with van der Waals surface area (Å²) < 4.78 is 1.72. The van der Waals surface area contributed by atoms with E-state index in [1.54, 1.807) is 29.0 Å². The topological polar surface area (TPSA) is 84.2 Å². The SMILES string of the molecule is CCNC(C)(C)CNC(=O)c1ccnc(-c2cnn3ccc(-c4ccccc4)nc23)c1. The number of carbonyl (C=O) groups excluding carboxylic acids is 1. The number of hydrogen-bond donors (Lipinski definition) is 2. The molecule has 0 saturated heterocycles. The first-order valence-corrected chi connectivity index (χ1v) is 10.4. The van der Waals surface area contributed by atoms with E-state index in [1.807, 2.05) is 49.5 Å². The summed E-state index contributed by atoms with van der Waals surface area (Å²) in [7, 11) is 0. The molecule has 0 spiro atoms. The second kappa shape index (κ2) is 8.65. The Balaban J connectivity index is 1.62. The molecule has 3 aromatic heterocycles. The largest absolute Gasteiger partial charge is 0.350 e. The van der Waals surface area contributed by atoms with Crippen LogP contribution in [0.2, 0.25) is 0 Å². The first kappa shape index (κ1) is 20.7. The van der Waals surface area contributed by atoms with Crippen LogP contribution in [-0.4, -0.2) is 44.1 Å². The van der Waals surface area contributed by atoms with Crippen LogP contribution in [0.5, 0.6) is 0 Å². The Labute approximate surface area is 181 Å². The Hall–Kier alpha value is -3.58. The lowest BCUT2D eigenvalue weighted by Crippen LogP contribution is -2.48. The smallest absolute Gasteiger partial charge is 0.251 e. The van der Waals surface area contributed by atoms with Gasteiger partial charge < -0.3 is 10.6 Å². The highest BCUT2D eigenvalue weighted by Gasteiger charge is 2.18. The summed E-state index contributed by atoms with van der Waals surface area (Å²) >= 11 is 0. The maximum absolute atomic E-state index is 12.7. The van der Waals surface area contributed by atoms with Crippen LogP contribution in [0.15, 0.2) is 67.1 Å². The Bertz CT molecular complexity index is 1200. The number of carbonyl (C=O) groups is 1. The first-order chi connectivity index (χ1) is 15.0. The van der Waals surface area contributed by atoms with Gasteiger partial charge in [0, 0.05) is 35.6 Å². The molecule has 0 aliphatic carbocycles. The molecule has 4 rings (SSSR count). The van der Waals surface area contributed by atoms with Crippen molar-refractivity contribution in [2.24, 2.45) is 0 Å². The molecule has 7 nitrogen and oxygen atoms in total. The fourth-order valence-corrected chi connectivity index (χ4v) is 3.48. The second-order valence-electron chi connectivity index (χ2n) is 8.03. The quantitative estimate of drug-likeness (QED) is 0.483. The Morgan fingerprint density at radius 3 is 2.68 bits per heavy atom. The summed E-state index contributed by atoms with van der Waals surface area (Å²) in [4.78, 5) is 22.0. The van der Waals surface area contributed by atoms with Crippen LogP contribution in [0, 0.1) is 0 Å². The third-order valence-electron chi connectivity index (χ3n) is 5.08. The standard InChI is InChI=1S/C24H26N6O/c1-4-27-24(2,3)16-26-23(31)18-10-12-25-21(14-18)19-15-28-30-13-11-20(29-22(19)30)17-8-6-5-7-9-17/h5-15,27H,4,16H2,1-3H3,(H,26,31). The molecule has 0 unspecified atom stereocenters. The highest BCUT2D eigenvalue weighted by molar-refractivity contribution is 5.95. The van der Waals surface area contributed by atoms with Gasteiger partial charge in [-0.25, -0.2) is 9.50 Å². The molecule has 1 amide bonds. The van der Waals surface area contributed by atoms with Crippen LogP contribution in [0.4, 0.5) is 0 Å². The summed E-state index contributed by atoms with van der Waals surface area (Å²) in [5.41, 5.74) is 4.39. The Kier molecular flexibility index (Phi) is 5.77. The summed E-state index contributed by atoms with van der Waals surface area (Å²) in [6, 6.07) is 15.4. The summed E-state index contributed by atoms with van der Waals surface area (Å²) in [6.07, 6.45) is 5.26. The number of nitrogens with zero attached hydrogens (tertiary/aromatic N) is 4. The normalized spacial score (nSPS) is 11.6. The van der Waals surface area contributed by atoms with Gasteiger partial charge in [-0.05, 0) is 38.6 Å². The highest BCUT2D eigenvalue weighted by Crippen LogP contribution is 2.25. The minimum atomic E-state index is -0.180. The van der Waals surface area contributed by atoms with Gasteiger partial charge in [-0.1, -0.05) is 37.3 Å². The lowest BCUT2D eigenvalue weighted by molar-refractivity contribution is 0.0942. The van der Waals surface area contributed by atoms with Crippen molar-refractivity contribution in [1.29, 1.82) is 0 Å². The van der Waals surface area contributed by atoms with Crippen molar-refractivity contribution in [2.45, 2.75) is 26.3 Å². The number of hydrogen-bond acceptors (Lipinski definition) is 5. The monoisotopic (exact) mass is 414 g/mol. The first-order valence-electron chi connectivity index (χ1n) is 10.4. The molecule has 31 heavy (non-hydrogen) atoms. The summed E-state index contributed by atoms with van der Waals surface area (Å²) in [6.45, 7) is 7.53. The van der Waals surface area contributed by atoms with Gasteiger partial charge in [0.1, 0.15) is 0 Å². The third-order valence-corrected chi connectivity index (χ3v) is 5.08. The molecule has 0 aliphatic heterocycles. The molecule has 0 saturated carbocycles. The van der Waals surface area contributed by atoms with Gasteiger partial charge in [-0.2, -0.15) is 5.10 Å². The van der Waals surface area contributed by atoms with E-state index in [0.29, 0.717) is 23.4 Å². The van der Waals surface area contributed by atoms with Gasteiger partial charge in [0.05, 0.1) is 23.1 Å². The number of rotatable bonds is 7. The van der Waals surface area contributed by atoms with Crippen molar-refractivity contribution in [3.63, 3.8) is 0 Å². The zero-order valence-corrected chi connectivity index (χ0v) is 18.0. The third kappa shape index (κ3) is 4.62. The van der Waals surface area contributed by atoms with Crippen molar-refractivity contribution in [1.82, 2.24) is 30.2 Å². The van der Waals surface area contributed by atoms with Crippen molar-refractivity contribution < 1.29 is 4.79 Å². The van der Waals surface area contributed by atoms with Gasteiger partial charge in [0.15, 0.2) is 5.65 Å². The average Bonchev–Trinajstić information content (AvgIpc) is 3.21. The van der Waals surface area contributed by atoms with Crippen LogP contribution in [0.3, 0.4) is 0 Å².